The number of nitrogens with zero attached hydrogens (tertiary/aromatic N) is 2. The number of halogens is 2. The van der Waals surface area contributed by atoms with Crippen LogP contribution in [0.25, 0.3) is 11.9 Å². The van der Waals surface area contributed by atoms with E-state index in [0.717, 1.165) is 20.4 Å². The molecule has 0 aliphatic carbocycles. The first-order valence-corrected chi connectivity index (χ1v) is 9.05. The smallest absolute Gasteiger partial charge is 0.307 e. The zero-order valence-corrected chi connectivity index (χ0v) is 14.9. The monoisotopic (exact) mass is 395 g/mol. The number of rotatable bonds is 1. The molecule has 3 heterocycles. The van der Waals surface area contributed by atoms with Crippen molar-refractivity contribution in [3.8, 4) is 5.88 Å². The van der Waals surface area contributed by atoms with E-state index < -0.39 is 0 Å². The van der Waals surface area contributed by atoms with Crippen molar-refractivity contribution in [1.29, 1.82) is 0 Å². The molecule has 0 atom stereocenters. The minimum Gasteiger partial charge on any atom is -0.493 e. The molecule has 120 valence electrons. The molecule has 2 N–H and O–H groups in total. The minimum atomic E-state index is -0.296. The Balaban J connectivity index is 1.86. The summed E-state index contributed by atoms with van der Waals surface area (Å²) in [5.41, 5.74) is 0. The zero-order valence-electron chi connectivity index (χ0n) is 11.7. The van der Waals surface area contributed by atoms with Crippen molar-refractivity contribution in [2.45, 2.75) is 0 Å². The molecule has 3 aromatic rings. The second-order valence-electron chi connectivity index (χ2n) is 4.88. The first-order chi connectivity index (χ1) is 11.5. The van der Waals surface area contributed by atoms with Gasteiger partial charge in [0, 0.05) is 4.53 Å². The molecule has 0 radical (unpaired) electrons. The van der Waals surface area contributed by atoms with Gasteiger partial charge in [-0.25, -0.2) is 9.98 Å². The van der Waals surface area contributed by atoms with Gasteiger partial charge in [-0.2, -0.15) is 0 Å². The van der Waals surface area contributed by atoms with Crippen molar-refractivity contribution < 1.29 is 5.11 Å². The molecular formula is C15H7Cl2N3O2S2. The second kappa shape index (κ2) is 5.86. The van der Waals surface area contributed by atoms with E-state index in [9.17, 15) is 9.90 Å². The van der Waals surface area contributed by atoms with Gasteiger partial charge in [-0.3, -0.25) is 9.78 Å². The molecule has 1 aliphatic heterocycles. The molecule has 0 saturated heterocycles. The highest BCUT2D eigenvalue weighted by Crippen LogP contribution is 2.18. The minimum absolute atomic E-state index is 0.125. The lowest BCUT2D eigenvalue weighted by atomic mass is 10.3. The maximum Gasteiger partial charge on any atom is 0.307 e. The lowest BCUT2D eigenvalue weighted by molar-refractivity contribution is 0.455. The van der Waals surface area contributed by atoms with Crippen LogP contribution in [-0.4, -0.2) is 10.1 Å². The number of nitrogens with one attached hydrogen (secondary N) is 1. The van der Waals surface area contributed by atoms with E-state index in [2.05, 4.69) is 15.0 Å². The normalized spacial score (nSPS) is 13.8. The van der Waals surface area contributed by atoms with Crippen LogP contribution in [0.2, 0.25) is 10.0 Å². The van der Waals surface area contributed by atoms with E-state index in [4.69, 9.17) is 23.2 Å². The van der Waals surface area contributed by atoms with Crippen molar-refractivity contribution in [1.82, 2.24) is 4.98 Å². The first-order valence-electron chi connectivity index (χ1n) is 6.66. The molecule has 1 aromatic carbocycles. The molecule has 24 heavy (non-hydrogen) atoms. The maximum atomic E-state index is 11.2. The molecule has 0 amide bonds. The predicted molar refractivity (Wildman–Crippen MR) is 95.9 cm³/mol. The van der Waals surface area contributed by atoms with Gasteiger partial charge in [-0.05, 0) is 30.3 Å². The summed E-state index contributed by atoms with van der Waals surface area (Å²) in [7, 11) is 0. The van der Waals surface area contributed by atoms with E-state index in [1.807, 2.05) is 12.1 Å². The number of aromatic amines is 1. The van der Waals surface area contributed by atoms with Gasteiger partial charge in [-0.15, -0.1) is 11.3 Å². The maximum absolute atomic E-state index is 11.2. The van der Waals surface area contributed by atoms with E-state index in [1.165, 1.54) is 11.3 Å². The lowest BCUT2D eigenvalue weighted by Gasteiger charge is -1.90. The van der Waals surface area contributed by atoms with Gasteiger partial charge in [0.25, 0.3) is 0 Å². The van der Waals surface area contributed by atoms with Gasteiger partial charge in [0.1, 0.15) is 0 Å². The molecule has 0 spiro atoms. The Kier molecular flexibility index (Phi) is 3.80. The Labute approximate surface area is 152 Å². The van der Waals surface area contributed by atoms with E-state index in [1.54, 1.807) is 18.2 Å². The molecule has 5 nitrogen and oxygen atoms in total. The Morgan fingerprint density at radius 3 is 2.33 bits per heavy atom. The third-order valence-corrected chi connectivity index (χ3v) is 5.82. The van der Waals surface area contributed by atoms with E-state index in [0.29, 0.717) is 31.5 Å². The third kappa shape index (κ3) is 2.80. The standard InChI is InChI=1S/C15H7Cl2N3O2S2/c16-7-4-9-10(5-8(7)17)19-13(18-9)11-2-1-6(23-11)3-12-14(21)20-15(22)24-12/h1-5,21H,(H,20,22)/b6-3+. The highest BCUT2D eigenvalue weighted by atomic mass is 35.5. The molecule has 0 unspecified atom stereocenters. The van der Waals surface area contributed by atoms with Gasteiger partial charge < -0.3 is 5.11 Å². The molecule has 0 fully saturated rings. The quantitative estimate of drug-likeness (QED) is 0.652. The van der Waals surface area contributed by atoms with Crippen LogP contribution in [0.5, 0.6) is 5.88 Å². The first kappa shape index (κ1) is 15.6. The molecule has 9 heteroatoms. The lowest BCUT2D eigenvalue weighted by Crippen LogP contribution is -2.20. The summed E-state index contributed by atoms with van der Waals surface area (Å²) in [4.78, 5) is 22.7. The summed E-state index contributed by atoms with van der Waals surface area (Å²) >= 11 is 14.4. The van der Waals surface area contributed by atoms with Gasteiger partial charge >= 0.3 is 4.87 Å². The summed E-state index contributed by atoms with van der Waals surface area (Å²) in [5, 5.41) is 11.9. The number of H-pyrrole nitrogens is 1. The van der Waals surface area contributed by atoms with Crippen LogP contribution in [-0.2, 0) is 0 Å². The van der Waals surface area contributed by atoms with Crippen molar-refractivity contribution in [3.63, 3.8) is 0 Å². The fourth-order valence-corrected chi connectivity index (χ4v) is 4.13. The number of thiazole rings is 1. The van der Waals surface area contributed by atoms with Gasteiger partial charge in [0.05, 0.1) is 30.2 Å². The number of benzene rings is 1. The molecular weight excluding hydrogens is 389 g/mol. The van der Waals surface area contributed by atoms with Gasteiger partial charge in [0.15, 0.2) is 5.82 Å². The Morgan fingerprint density at radius 1 is 1.08 bits per heavy atom. The van der Waals surface area contributed by atoms with Crippen molar-refractivity contribution in [3.05, 3.63) is 68.6 Å². The average Bonchev–Trinajstić information content (AvgIpc) is 3.20. The Bertz CT molecular complexity index is 1230. The van der Waals surface area contributed by atoms with Crippen LogP contribution < -0.4 is 24.7 Å². The second-order valence-corrected chi connectivity index (χ2v) is 7.82. The molecule has 0 bridgehead atoms. The number of hydrogen-bond donors (Lipinski definition) is 2. The fourth-order valence-electron chi connectivity index (χ4n) is 2.18. The molecule has 4 rings (SSSR count). The fraction of sp³-hybridized carbons (Fsp3) is 0. The zero-order chi connectivity index (χ0) is 16.8. The van der Waals surface area contributed by atoms with Crippen LogP contribution >= 0.6 is 45.9 Å². The number of fused-ring (bicyclic) bond motifs is 1. The molecule has 1 aliphatic rings. The van der Waals surface area contributed by atoms with Crippen LogP contribution in [0.1, 0.15) is 4.88 Å². The van der Waals surface area contributed by atoms with Gasteiger partial charge in [0.2, 0.25) is 5.88 Å². The van der Waals surface area contributed by atoms with Gasteiger partial charge in [-0.1, -0.05) is 34.5 Å². The topological polar surface area (TPSA) is 77.8 Å². The van der Waals surface area contributed by atoms with E-state index in [-0.39, 0.29) is 10.8 Å². The number of aromatic nitrogens is 1. The summed E-state index contributed by atoms with van der Waals surface area (Å²) < 4.78 is 1.74. The van der Waals surface area contributed by atoms with E-state index >= 15 is 0 Å². The summed E-state index contributed by atoms with van der Waals surface area (Å²) in [6, 6.07) is 7.14. The van der Waals surface area contributed by atoms with Crippen molar-refractivity contribution >= 4 is 57.8 Å². The molecule has 2 aromatic heterocycles. The van der Waals surface area contributed by atoms with Crippen LogP contribution in [0.3, 0.4) is 0 Å². The summed E-state index contributed by atoms with van der Waals surface area (Å²) in [6.45, 7) is 0. The van der Waals surface area contributed by atoms with Crippen LogP contribution in [0, 0.1) is 0 Å². The third-order valence-electron chi connectivity index (χ3n) is 3.25. The molecule has 0 saturated carbocycles. The van der Waals surface area contributed by atoms with Crippen molar-refractivity contribution in [2.75, 3.05) is 0 Å². The average molecular weight is 396 g/mol. The predicted octanol–water partition coefficient (Wildman–Crippen LogP) is 1.36. The highest BCUT2D eigenvalue weighted by molar-refractivity contribution is 7.11. The van der Waals surface area contributed by atoms with Crippen LogP contribution in [0.4, 0.5) is 0 Å². The number of aromatic hydroxyl groups is 1. The number of hydrogen-bond acceptors (Lipinski definition) is 6. The number of thiophene rings is 1. The highest BCUT2D eigenvalue weighted by Gasteiger charge is 2.08. The summed E-state index contributed by atoms with van der Waals surface area (Å²) in [6.07, 6.45) is 1.74. The van der Waals surface area contributed by atoms with Crippen LogP contribution in [0.15, 0.2) is 39.0 Å². The SMILES string of the molecule is O=c1[nH]c(O)c(/C=c2\ccc(=C3N=c4cc(Cl)c(Cl)cc4=N3)s2)s1. The largest absolute Gasteiger partial charge is 0.493 e. The Hall–Kier alpha value is -1.93. The summed E-state index contributed by atoms with van der Waals surface area (Å²) in [5.74, 6) is 0.457. The Morgan fingerprint density at radius 2 is 1.75 bits per heavy atom. The van der Waals surface area contributed by atoms with Crippen molar-refractivity contribution in [2.24, 2.45) is 9.98 Å².